The number of anilines is 1. The molecule has 1 aromatic carbocycles. The molecule has 5 rings (SSSR count). The maximum absolute atomic E-state index is 13.7. The fourth-order valence-corrected chi connectivity index (χ4v) is 6.46. The number of nitrogens with one attached hydrogen (secondary N) is 1. The minimum atomic E-state index is -4.38. The van der Waals surface area contributed by atoms with Crippen molar-refractivity contribution in [2.75, 3.05) is 18.1 Å². The number of hydrogen-bond donors (Lipinski definition) is 1. The van der Waals surface area contributed by atoms with E-state index in [1.807, 2.05) is 23.5 Å². The average Bonchev–Trinajstić information content (AvgIpc) is 3.46. The Balaban J connectivity index is 0.00000423. The van der Waals surface area contributed by atoms with Crippen LogP contribution in [0.5, 0.6) is 5.88 Å². The van der Waals surface area contributed by atoms with Gasteiger partial charge in [0.2, 0.25) is 5.88 Å². The van der Waals surface area contributed by atoms with E-state index in [0.717, 1.165) is 18.6 Å². The molecule has 1 amide bonds. The summed E-state index contributed by atoms with van der Waals surface area (Å²) in [5, 5.41) is 4.28. The number of nitrogens with zero attached hydrogens (tertiary/aromatic N) is 4. The minimum absolute atomic E-state index is 0. The summed E-state index contributed by atoms with van der Waals surface area (Å²) in [4.78, 5) is 19.5. The normalized spacial score (nSPS) is 19.0. The van der Waals surface area contributed by atoms with Crippen molar-refractivity contribution in [2.24, 2.45) is 11.3 Å². The van der Waals surface area contributed by atoms with Gasteiger partial charge < -0.3 is 9.64 Å². The first-order valence-corrected chi connectivity index (χ1v) is 15.0. The molecule has 1 aliphatic heterocycles. The van der Waals surface area contributed by atoms with E-state index in [-0.39, 0.29) is 68.4 Å². The van der Waals surface area contributed by atoms with Gasteiger partial charge in [-0.3, -0.25) is 4.79 Å². The zero-order chi connectivity index (χ0) is 30.5. The molecule has 2 aromatic heterocycles. The molecular weight excluding hydrogens is 610 g/mol. The van der Waals surface area contributed by atoms with E-state index in [9.17, 15) is 30.8 Å². The third-order valence-corrected chi connectivity index (χ3v) is 9.18. The van der Waals surface area contributed by atoms with Crippen molar-refractivity contribution in [3.63, 3.8) is 0 Å². The summed E-state index contributed by atoms with van der Waals surface area (Å²) >= 11 is 0. The fraction of sp³-hybridized carbons (Fsp3) is 0.464. The Morgan fingerprint density at radius 1 is 1.16 bits per heavy atom. The first-order chi connectivity index (χ1) is 19.6. The quantitative estimate of drug-likeness (QED) is 0.313. The van der Waals surface area contributed by atoms with Gasteiger partial charge in [0.05, 0.1) is 22.5 Å². The molecule has 0 unspecified atom stereocenters. The van der Waals surface area contributed by atoms with Crippen LogP contribution in [0.1, 0.15) is 56.8 Å². The number of hydrogen-bond acceptors (Lipinski definition) is 7. The topological polar surface area (TPSA) is 106 Å². The lowest BCUT2D eigenvalue weighted by Gasteiger charge is -2.34. The molecule has 1 saturated heterocycles. The molecule has 0 bridgehead atoms. The molecule has 43 heavy (non-hydrogen) atoms. The number of carbonyl (C=O) groups is 1. The van der Waals surface area contributed by atoms with Crippen LogP contribution in [0.2, 0.25) is 0 Å². The van der Waals surface area contributed by atoms with Crippen molar-refractivity contribution >= 4 is 35.2 Å². The van der Waals surface area contributed by atoms with E-state index in [1.165, 1.54) is 41.2 Å². The van der Waals surface area contributed by atoms with Crippen molar-refractivity contribution in [1.29, 1.82) is 0 Å². The molecule has 3 aromatic rings. The highest BCUT2D eigenvalue weighted by Crippen LogP contribution is 2.59. The predicted molar refractivity (Wildman–Crippen MR) is 156 cm³/mol. The predicted octanol–water partition coefficient (Wildman–Crippen LogP) is 5.37. The van der Waals surface area contributed by atoms with Crippen LogP contribution < -0.4 is 14.4 Å². The Hall–Kier alpha value is -3.33. The highest BCUT2D eigenvalue weighted by atomic mass is 32.2. The van der Waals surface area contributed by atoms with Crippen LogP contribution in [0.3, 0.4) is 0 Å². The Kier molecular flexibility index (Phi) is 8.82. The molecule has 1 aliphatic carbocycles. The second-order valence-electron chi connectivity index (χ2n) is 11.6. The number of rotatable bonds is 9. The molecule has 3 heterocycles. The largest absolute Gasteiger partial charge is 0.477 e. The molecule has 234 valence electrons. The highest BCUT2D eigenvalue weighted by molar-refractivity contribution is 7.90. The van der Waals surface area contributed by atoms with Gasteiger partial charge in [-0.2, -0.15) is 26.7 Å². The Morgan fingerprint density at radius 3 is 2.49 bits per heavy atom. The van der Waals surface area contributed by atoms with Crippen LogP contribution in [0, 0.1) is 17.2 Å². The summed E-state index contributed by atoms with van der Waals surface area (Å²) in [7, 11) is -4.38. The second kappa shape index (κ2) is 11.6. The van der Waals surface area contributed by atoms with Gasteiger partial charge in [-0.1, -0.05) is 13.0 Å². The lowest BCUT2D eigenvalue weighted by molar-refractivity contribution is -0.190. The van der Waals surface area contributed by atoms with Crippen LogP contribution in [0.15, 0.2) is 53.6 Å². The second-order valence-corrected chi connectivity index (χ2v) is 13.3. The van der Waals surface area contributed by atoms with E-state index in [0.29, 0.717) is 6.54 Å². The standard InChI is InChI=1S/C28H31F4N5O4S.H2S/c1-18-16-26(2,3)36(17-18)24-21(25(38)35-42(39,40)20-6-4-5-19(29)15-20)7-8-22(33-24)37-13-9-23(34-37)41-14-12-27(10-11-27)28(30,31)32;/h4-9,13,15,18H,10-12,14,16-17H2,1-3H3,(H,35,38);1H2/t18-;/m0./s1. The van der Waals surface area contributed by atoms with Gasteiger partial charge in [-0.25, -0.2) is 27.2 Å². The maximum atomic E-state index is 13.7. The third-order valence-electron chi connectivity index (χ3n) is 7.85. The van der Waals surface area contributed by atoms with E-state index in [1.54, 1.807) is 0 Å². The number of pyridine rings is 1. The first kappa shape index (κ1) is 32.6. The Morgan fingerprint density at radius 2 is 1.88 bits per heavy atom. The van der Waals surface area contributed by atoms with Crippen molar-refractivity contribution < 1.29 is 35.5 Å². The number of sulfonamides is 1. The Labute approximate surface area is 254 Å². The van der Waals surface area contributed by atoms with Gasteiger partial charge in [0.1, 0.15) is 11.6 Å². The highest BCUT2D eigenvalue weighted by Gasteiger charge is 2.62. The lowest BCUT2D eigenvalue weighted by Crippen LogP contribution is -2.41. The van der Waals surface area contributed by atoms with Crippen LogP contribution in [-0.4, -0.2) is 54.0 Å². The molecule has 2 fully saturated rings. The van der Waals surface area contributed by atoms with Gasteiger partial charge in [0, 0.05) is 24.3 Å². The summed E-state index contributed by atoms with van der Waals surface area (Å²) in [5.41, 5.74) is -2.10. The van der Waals surface area contributed by atoms with Crippen LogP contribution >= 0.6 is 13.5 Å². The van der Waals surface area contributed by atoms with Gasteiger partial charge in [0.25, 0.3) is 15.9 Å². The van der Waals surface area contributed by atoms with Gasteiger partial charge >= 0.3 is 6.18 Å². The zero-order valence-corrected chi connectivity index (χ0v) is 25.6. The van der Waals surface area contributed by atoms with Gasteiger partial charge in [-0.05, 0) is 75.8 Å². The first-order valence-electron chi connectivity index (χ1n) is 13.5. The van der Waals surface area contributed by atoms with Crippen molar-refractivity contribution in [3.05, 3.63) is 60.0 Å². The molecule has 2 aliphatic rings. The smallest absolute Gasteiger partial charge is 0.394 e. The monoisotopic (exact) mass is 643 g/mol. The number of halogens is 4. The number of amides is 1. The van der Waals surface area contributed by atoms with Crippen LogP contribution in [0.4, 0.5) is 23.4 Å². The summed E-state index contributed by atoms with van der Waals surface area (Å²) in [6.45, 7) is 6.44. The summed E-state index contributed by atoms with van der Waals surface area (Å²) in [5.74, 6) is -0.809. The van der Waals surface area contributed by atoms with Crippen LogP contribution in [-0.2, 0) is 10.0 Å². The van der Waals surface area contributed by atoms with E-state index in [2.05, 4.69) is 17.0 Å². The fourth-order valence-electron chi connectivity index (χ4n) is 5.47. The van der Waals surface area contributed by atoms with E-state index in [4.69, 9.17) is 4.74 Å². The number of aromatic nitrogens is 3. The van der Waals surface area contributed by atoms with Crippen molar-refractivity contribution in [1.82, 2.24) is 19.5 Å². The zero-order valence-electron chi connectivity index (χ0n) is 23.8. The third kappa shape index (κ3) is 6.77. The Bertz CT molecular complexity index is 1610. The number of alkyl halides is 3. The van der Waals surface area contributed by atoms with Crippen LogP contribution in [0.25, 0.3) is 5.82 Å². The molecule has 0 radical (unpaired) electrons. The lowest BCUT2D eigenvalue weighted by atomic mass is 9.97. The summed E-state index contributed by atoms with van der Waals surface area (Å²) in [6, 6.07) is 8.71. The van der Waals surface area contributed by atoms with E-state index < -0.39 is 43.8 Å². The average molecular weight is 644 g/mol. The van der Waals surface area contributed by atoms with Gasteiger partial charge in [0.15, 0.2) is 5.82 Å². The number of carbonyl (C=O) groups excluding carboxylic acids is 1. The number of benzene rings is 1. The summed E-state index contributed by atoms with van der Waals surface area (Å²) < 4.78 is 87.9. The summed E-state index contributed by atoms with van der Waals surface area (Å²) in [6.07, 6.45) is -1.91. The molecule has 1 N–H and O–H groups in total. The molecule has 1 atom stereocenters. The SMILES string of the molecule is C[C@@H]1CN(c2nc(-n3ccc(OCCC4(C(F)(F)F)CC4)n3)ccc2C(=O)NS(=O)(=O)c2cccc(F)c2)C(C)(C)C1.S. The minimum Gasteiger partial charge on any atom is -0.477 e. The van der Waals surface area contributed by atoms with Gasteiger partial charge in [-0.15, -0.1) is 5.10 Å². The van der Waals surface area contributed by atoms with Crippen molar-refractivity contribution in [2.45, 2.75) is 63.1 Å². The maximum Gasteiger partial charge on any atom is 0.394 e. The molecule has 1 saturated carbocycles. The molecule has 15 heteroatoms. The van der Waals surface area contributed by atoms with Crippen molar-refractivity contribution in [3.8, 4) is 11.7 Å². The molecular formula is C28H33F4N5O4S2. The molecule has 0 spiro atoms. The van der Waals surface area contributed by atoms with E-state index >= 15 is 0 Å². The number of ether oxygens (including phenoxy) is 1. The molecule has 9 nitrogen and oxygen atoms in total.